The summed E-state index contributed by atoms with van der Waals surface area (Å²) in [5.74, 6) is 1.56. The van der Waals surface area contributed by atoms with E-state index in [2.05, 4.69) is 22.0 Å². The van der Waals surface area contributed by atoms with E-state index < -0.39 is 0 Å². The topological polar surface area (TPSA) is 56.1 Å². The zero-order valence-corrected chi connectivity index (χ0v) is 14.6. The number of aromatic nitrogens is 2. The van der Waals surface area contributed by atoms with Crippen molar-refractivity contribution >= 4 is 11.6 Å². The first-order chi connectivity index (χ1) is 11.6. The second-order valence-electron chi connectivity index (χ2n) is 6.46. The smallest absolute Gasteiger partial charge is 0.228 e. The Morgan fingerprint density at radius 3 is 2.62 bits per heavy atom. The third kappa shape index (κ3) is 3.96. The van der Waals surface area contributed by atoms with Gasteiger partial charge in [-0.05, 0) is 63.8 Å². The molecule has 1 amide bonds. The van der Waals surface area contributed by atoms with E-state index in [4.69, 9.17) is 4.74 Å². The molecule has 128 valence electrons. The highest BCUT2D eigenvalue weighted by atomic mass is 16.5. The van der Waals surface area contributed by atoms with Gasteiger partial charge in [0.1, 0.15) is 5.75 Å². The van der Waals surface area contributed by atoms with Crippen LogP contribution in [-0.4, -0.2) is 22.3 Å². The van der Waals surface area contributed by atoms with Gasteiger partial charge in [-0.25, -0.2) is 0 Å². The van der Waals surface area contributed by atoms with Gasteiger partial charge in [-0.1, -0.05) is 0 Å². The normalized spacial score (nSPS) is 13.8. The molecule has 1 aromatic heterocycles. The number of aryl methyl sites for hydroxylation is 1. The maximum absolute atomic E-state index is 12.4. The Hall–Kier alpha value is -2.30. The monoisotopic (exact) mass is 327 g/mol. The molecule has 1 saturated carbocycles. The lowest BCUT2D eigenvalue weighted by molar-refractivity contribution is -0.115. The second-order valence-corrected chi connectivity index (χ2v) is 6.46. The summed E-state index contributed by atoms with van der Waals surface area (Å²) < 4.78 is 7.47. The maximum atomic E-state index is 12.4. The molecular formula is C19H25N3O2. The fourth-order valence-corrected chi connectivity index (χ4v) is 2.88. The Kier molecular flexibility index (Phi) is 4.88. The van der Waals surface area contributed by atoms with Gasteiger partial charge in [-0.2, -0.15) is 5.10 Å². The molecule has 0 atom stereocenters. The van der Waals surface area contributed by atoms with E-state index in [-0.39, 0.29) is 5.91 Å². The minimum Gasteiger partial charge on any atom is -0.494 e. The molecule has 1 fully saturated rings. The third-order valence-electron chi connectivity index (χ3n) is 4.45. The molecule has 1 aliphatic rings. The zero-order chi connectivity index (χ0) is 17.1. The number of hydrogen-bond donors (Lipinski definition) is 1. The number of hydrogen-bond acceptors (Lipinski definition) is 3. The van der Waals surface area contributed by atoms with Gasteiger partial charge in [0.05, 0.1) is 18.7 Å². The number of amides is 1. The molecule has 1 heterocycles. The van der Waals surface area contributed by atoms with Crippen molar-refractivity contribution in [3.8, 4) is 5.75 Å². The SMILES string of the molecule is CCOc1ccc(NC(=O)Cc2c(C)nn(CC3CC3)c2C)cc1. The fourth-order valence-electron chi connectivity index (χ4n) is 2.88. The molecule has 0 aliphatic heterocycles. The van der Waals surface area contributed by atoms with Gasteiger partial charge in [0.25, 0.3) is 0 Å². The van der Waals surface area contributed by atoms with Crippen molar-refractivity contribution in [1.82, 2.24) is 9.78 Å². The van der Waals surface area contributed by atoms with Crippen LogP contribution in [0.3, 0.4) is 0 Å². The van der Waals surface area contributed by atoms with Crippen molar-refractivity contribution in [2.75, 3.05) is 11.9 Å². The number of benzene rings is 1. The van der Waals surface area contributed by atoms with Gasteiger partial charge < -0.3 is 10.1 Å². The van der Waals surface area contributed by atoms with Gasteiger partial charge in [0.15, 0.2) is 0 Å². The van der Waals surface area contributed by atoms with Crippen molar-refractivity contribution in [3.63, 3.8) is 0 Å². The number of ether oxygens (including phenoxy) is 1. The number of carbonyl (C=O) groups is 1. The first kappa shape index (κ1) is 16.6. The predicted molar refractivity (Wildman–Crippen MR) is 94.4 cm³/mol. The molecule has 1 aromatic carbocycles. The van der Waals surface area contributed by atoms with E-state index in [1.54, 1.807) is 0 Å². The summed E-state index contributed by atoms with van der Waals surface area (Å²) in [6, 6.07) is 7.45. The van der Waals surface area contributed by atoms with Crippen LogP contribution in [0.2, 0.25) is 0 Å². The standard InChI is InChI=1S/C19H25N3O2/c1-4-24-17-9-7-16(8-10-17)20-19(23)11-18-13(2)21-22(14(18)3)12-15-5-6-15/h7-10,15H,4-6,11-12H2,1-3H3,(H,20,23). The average molecular weight is 327 g/mol. The minimum absolute atomic E-state index is 0.0173. The molecule has 24 heavy (non-hydrogen) atoms. The summed E-state index contributed by atoms with van der Waals surface area (Å²) in [6.07, 6.45) is 2.95. The van der Waals surface area contributed by atoms with E-state index in [0.717, 1.165) is 40.9 Å². The van der Waals surface area contributed by atoms with Gasteiger partial charge in [0, 0.05) is 23.5 Å². The summed E-state index contributed by atoms with van der Waals surface area (Å²) in [6.45, 7) is 7.60. The lowest BCUT2D eigenvalue weighted by atomic mass is 10.1. The van der Waals surface area contributed by atoms with Gasteiger partial charge in [0.2, 0.25) is 5.91 Å². The van der Waals surface area contributed by atoms with Crippen LogP contribution >= 0.6 is 0 Å². The van der Waals surface area contributed by atoms with E-state index in [1.165, 1.54) is 12.8 Å². The Bertz CT molecular complexity index is 715. The van der Waals surface area contributed by atoms with Crippen LogP contribution in [0.4, 0.5) is 5.69 Å². The first-order valence-electron chi connectivity index (χ1n) is 8.62. The summed E-state index contributed by atoms with van der Waals surface area (Å²) in [5, 5.41) is 7.55. The van der Waals surface area contributed by atoms with Crippen molar-refractivity contribution in [2.24, 2.45) is 5.92 Å². The van der Waals surface area contributed by atoms with Gasteiger partial charge >= 0.3 is 0 Å². The summed E-state index contributed by atoms with van der Waals surface area (Å²) in [4.78, 5) is 12.4. The van der Waals surface area contributed by atoms with Crippen LogP contribution in [-0.2, 0) is 17.8 Å². The Morgan fingerprint density at radius 2 is 2.00 bits per heavy atom. The molecule has 2 aromatic rings. The van der Waals surface area contributed by atoms with E-state index >= 15 is 0 Å². The lowest BCUT2D eigenvalue weighted by Crippen LogP contribution is -2.15. The number of rotatable bonds is 7. The highest BCUT2D eigenvalue weighted by Crippen LogP contribution is 2.31. The summed E-state index contributed by atoms with van der Waals surface area (Å²) in [7, 11) is 0. The highest BCUT2D eigenvalue weighted by molar-refractivity contribution is 5.92. The summed E-state index contributed by atoms with van der Waals surface area (Å²) >= 11 is 0. The molecular weight excluding hydrogens is 302 g/mol. The zero-order valence-electron chi connectivity index (χ0n) is 14.6. The average Bonchev–Trinajstić information content (AvgIpc) is 3.33. The van der Waals surface area contributed by atoms with Gasteiger partial charge in [-0.3, -0.25) is 9.48 Å². The summed E-state index contributed by atoms with van der Waals surface area (Å²) in [5.41, 5.74) is 3.89. The third-order valence-corrected chi connectivity index (χ3v) is 4.45. The number of anilines is 1. The second kappa shape index (κ2) is 7.07. The van der Waals surface area contributed by atoms with Crippen LogP contribution in [0, 0.1) is 19.8 Å². The van der Waals surface area contributed by atoms with Gasteiger partial charge in [-0.15, -0.1) is 0 Å². The maximum Gasteiger partial charge on any atom is 0.228 e. The number of nitrogens with one attached hydrogen (secondary N) is 1. The van der Waals surface area contributed by atoms with Crippen LogP contribution in [0.1, 0.15) is 36.7 Å². The Labute approximate surface area is 143 Å². The molecule has 1 aliphatic carbocycles. The fraction of sp³-hybridized carbons (Fsp3) is 0.474. The van der Waals surface area contributed by atoms with Crippen LogP contribution in [0.25, 0.3) is 0 Å². The highest BCUT2D eigenvalue weighted by Gasteiger charge is 2.24. The lowest BCUT2D eigenvalue weighted by Gasteiger charge is -2.08. The first-order valence-corrected chi connectivity index (χ1v) is 8.62. The molecule has 5 heteroatoms. The van der Waals surface area contributed by atoms with Crippen molar-refractivity contribution in [3.05, 3.63) is 41.2 Å². The van der Waals surface area contributed by atoms with E-state index in [0.29, 0.717) is 13.0 Å². The molecule has 0 unspecified atom stereocenters. The van der Waals surface area contributed by atoms with E-state index in [1.807, 2.05) is 38.1 Å². The van der Waals surface area contributed by atoms with Crippen LogP contribution < -0.4 is 10.1 Å². The molecule has 0 radical (unpaired) electrons. The Morgan fingerprint density at radius 1 is 1.29 bits per heavy atom. The van der Waals surface area contributed by atoms with Crippen LogP contribution in [0.15, 0.2) is 24.3 Å². The molecule has 0 saturated heterocycles. The quantitative estimate of drug-likeness (QED) is 0.847. The van der Waals surface area contributed by atoms with Crippen LogP contribution in [0.5, 0.6) is 5.75 Å². The molecule has 0 spiro atoms. The van der Waals surface area contributed by atoms with E-state index in [9.17, 15) is 4.79 Å². The molecule has 1 N–H and O–H groups in total. The molecule has 5 nitrogen and oxygen atoms in total. The minimum atomic E-state index is -0.0173. The number of nitrogens with zero attached hydrogens (tertiary/aromatic N) is 2. The predicted octanol–water partition coefficient (Wildman–Crippen LogP) is 3.49. The molecule has 0 bridgehead atoms. The van der Waals surface area contributed by atoms with Crippen molar-refractivity contribution in [1.29, 1.82) is 0 Å². The Balaban J connectivity index is 1.62. The van der Waals surface area contributed by atoms with Crippen molar-refractivity contribution in [2.45, 2.75) is 46.6 Å². The van der Waals surface area contributed by atoms with Crippen molar-refractivity contribution < 1.29 is 9.53 Å². The number of carbonyl (C=O) groups excluding carboxylic acids is 1. The largest absolute Gasteiger partial charge is 0.494 e. The molecule has 3 rings (SSSR count).